The molecule has 1 atom stereocenters. The van der Waals surface area contributed by atoms with Crippen LogP contribution in [-0.2, 0) is 0 Å². The summed E-state index contributed by atoms with van der Waals surface area (Å²) in [6.07, 6.45) is 3.48. The first-order valence-electron chi connectivity index (χ1n) is 5.59. The molecular formula is C15H9F3. The van der Waals surface area contributed by atoms with Gasteiger partial charge in [0, 0.05) is 11.5 Å². The molecule has 0 spiro atoms. The number of hydrogen-bond donors (Lipinski definition) is 0. The van der Waals surface area contributed by atoms with E-state index in [1.165, 1.54) is 0 Å². The Morgan fingerprint density at radius 3 is 2.39 bits per heavy atom. The van der Waals surface area contributed by atoms with Gasteiger partial charge < -0.3 is 0 Å². The van der Waals surface area contributed by atoms with Crippen molar-refractivity contribution >= 4 is 6.08 Å². The minimum atomic E-state index is -1.11. The maximum Gasteiger partial charge on any atom is 0.165 e. The summed E-state index contributed by atoms with van der Waals surface area (Å²) in [5.41, 5.74) is 1.47. The van der Waals surface area contributed by atoms with Crippen molar-refractivity contribution in [2.24, 2.45) is 0 Å². The summed E-state index contributed by atoms with van der Waals surface area (Å²) in [5, 5.41) is 0. The molecule has 18 heavy (non-hydrogen) atoms. The fourth-order valence-electron chi connectivity index (χ4n) is 2.33. The Hall–Kier alpha value is -2.03. The Morgan fingerprint density at radius 2 is 1.56 bits per heavy atom. The predicted octanol–water partition coefficient (Wildman–Crippen LogP) is 4.26. The van der Waals surface area contributed by atoms with Crippen LogP contribution < -0.4 is 0 Å². The van der Waals surface area contributed by atoms with Gasteiger partial charge >= 0.3 is 0 Å². The van der Waals surface area contributed by atoms with Gasteiger partial charge in [0.15, 0.2) is 11.6 Å². The lowest BCUT2D eigenvalue weighted by Crippen LogP contribution is -2.05. The quantitative estimate of drug-likeness (QED) is 0.659. The largest absolute Gasteiger partial charge is 0.207 e. The number of hydrogen-bond acceptors (Lipinski definition) is 0. The Bertz CT molecular complexity index is 644. The van der Waals surface area contributed by atoms with Crippen molar-refractivity contribution in [1.82, 2.24) is 0 Å². The fraction of sp³-hybridized carbons (Fsp3) is 0.0667. The molecule has 0 amide bonds. The van der Waals surface area contributed by atoms with E-state index in [-0.39, 0.29) is 5.56 Å². The predicted molar refractivity (Wildman–Crippen MR) is 63.6 cm³/mol. The smallest absolute Gasteiger partial charge is 0.165 e. The second-order valence-corrected chi connectivity index (χ2v) is 4.22. The Morgan fingerprint density at radius 1 is 0.833 bits per heavy atom. The highest BCUT2D eigenvalue weighted by atomic mass is 19.2. The lowest BCUT2D eigenvalue weighted by atomic mass is 9.92. The molecule has 3 heteroatoms. The topological polar surface area (TPSA) is 0 Å². The van der Waals surface area contributed by atoms with Gasteiger partial charge in [0.25, 0.3) is 0 Å². The second-order valence-electron chi connectivity index (χ2n) is 4.22. The average molecular weight is 246 g/mol. The Kier molecular flexibility index (Phi) is 2.47. The molecule has 0 fully saturated rings. The van der Waals surface area contributed by atoms with Crippen molar-refractivity contribution < 1.29 is 13.2 Å². The number of benzene rings is 2. The van der Waals surface area contributed by atoms with Gasteiger partial charge in [0.05, 0.1) is 0 Å². The van der Waals surface area contributed by atoms with Crippen LogP contribution in [0.5, 0.6) is 0 Å². The van der Waals surface area contributed by atoms with Crippen LogP contribution in [0.4, 0.5) is 13.2 Å². The van der Waals surface area contributed by atoms with E-state index in [9.17, 15) is 13.2 Å². The maximum absolute atomic E-state index is 13.8. The summed E-state index contributed by atoms with van der Waals surface area (Å²) in [7, 11) is 0. The third-order valence-electron chi connectivity index (χ3n) is 3.19. The van der Waals surface area contributed by atoms with Crippen molar-refractivity contribution in [3.63, 3.8) is 0 Å². The number of fused-ring (bicyclic) bond motifs is 1. The summed E-state index contributed by atoms with van der Waals surface area (Å²) in [6.45, 7) is 0. The molecule has 0 aliphatic heterocycles. The molecule has 0 radical (unpaired) electrons. The molecule has 1 unspecified atom stereocenters. The van der Waals surface area contributed by atoms with E-state index in [1.807, 2.05) is 12.1 Å². The first-order chi connectivity index (χ1) is 8.68. The molecule has 3 rings (SSSR count). The first kappa shape index (κ1) is 11.1. The van der Waals surface area contributed by atoms with E-state index >= 15 is 0 Å². The van der Waals surface area contributed by atoms with E-state index in [4.69, 9.17) is 0 Å². The summed E-state index contributed by atoms with van der Waals surface area (Å²) in [6, 6.07) is 9.07. The van der Waals surface area contributed by atoms with Crippen LogP contribution in [0, 0.1) is 17.5 Å². The van der Waals surface area contributed by atoms with Crippen LogP contribution in [0.15, 0.2) is 42.5 Å². The van der Waals surface area contributed by atoms with Gasteiger partial charge in [0.1, 0.15) is 5.82 Å². The molecule has 0 aromatic heterocycles. The minimum Gasteiger partial charge on any atom is -0.207 e. The van der Waals surface area contributed by atoms with Crippen LogP contribution in [0.25, 0.3) is 6.08 Å². The molecule has 2 aromatic carbocycles. The molecule has 0 N–H and O–H groups in total. The highest BCUT2D eigenvalue weighted by Gasteiger charge is 2.26. The van der Waals surface area contributed by atoms with Gasteiger partial charge in [-0.1, -0.05) is 36.4 Å². The number of halogens is 3. The molecule has 0 bridgehead atoms. The number of rotatable bonds is 1. The van der Waals surface area contributed by atoms with E-state index in [0.717, 1.165) is 23.3 Å². The molecule has 1 aliphatic rings. The van der Waals surface area contributed by atoms with E-state index in [2.05, 4.69) is 0 Å². The number of allylic oxidation sites excluding steroid dienone is 1. The van der Waals surface area contributed by atoms with Crippen molar-refractivity contribution in [2.45, 2.75) is 5.92 Å². The van der Waals surface area contributed by atoms with Gasteiger partial charge in [0.2, 0.25) is 0 Å². The van der Waals surface area contributed by atoms with Gasteiger partial charge in [-0.05, 0) is 23.3 Å². The maximum atomic E-state index is 13.8. The molecule has 2 aromatic rings. The zero-order valence-electron chi connectivity index (χ0n) is 9.33. The second kappa shape index (κ2) is 4.02. The van der Waals surface area contributed by atoms with Crippen LogP contribution in [0.3, 0.4) is 0 Å². The van der Waals surface area contributed by atoms with Crippen LogP contribution >= 0.6 is 0 Å². The molecule has 1 aliphatic carbocycles. The molecular weight excluding hydrogens is 237 g/mol. The average Bonchev–Trinajstić information content (AvgIpc) is 2.79. The zero-order chi connectivity index (χ0) is 12.7. The lowest BCUT2D eigenvalue weighted by molar-refractivity contribution is 0.479. The van der Waals surface area contributed by atoms with Crippen molar-refractivity contribution in [2.75, 3.05) is 0 Å². The summed E-state index contributed by atoms with van der Waals surface area (Å²) in [4.78, 5) is 0. The highest BCUT2D eigenvalue weighted by Crippen LogP contribution is 2.37. The van der Waals surface area contributed by atoms with Gasteiger partial charge in [-0.25, -0.2) is 13.2 Å². The van der Waals surface area contributed by atoms with E-state index < -0.39 is 23.4 Å². The van der Waals surface area contributed by atoms with Gasteiger partial charge in [-0.15, -0.1) is 0 Å². The molecule has 0 saturated carbocycles. The van der Waals surface area contributed by atoms with E-state index in [1.54, 1.807) is 24.3 Å². The van der Waals surface area contributed by atoms with Gasteiger partial charge in [-0.3, -0.25) is 0 Å². The molecule has 0 saturated heterocycles. The molecule has 90 valence electrons. The first-order valence-corrected chi connectivity index (χ1v) is 5.59. The third kappa shape index (κ3) is 1.55. The summed E-state index contributed by atoms with van der Waals surface area (Å²) in [5.74, 6) is -3.41. The van der Waals surface area contributed by atoms with Crippen molar-refractivity contribution in [3.8, 4) is 0 Å². The standard InChI is InChI=1S/C15H9F3/c16-12-7-8-13(17)15(18)14(12)11-6-5-9-3-1-2-4-10(9)11/h1-8,11H. The Balaban J connectivity index is 2.19. The zero-order valence-corrected chi connectivity index (χ0v) is 9.33. The summed E-state index contributed by atoms with van der Waals surface area (Å²) >= 11 is 0. The minimum absolute atomic E-state index is 0.226. The molecule has 0 nitrogen and oxygen atoms in total. The lowest BCUT2D eigenvalue weighted by Gasteiger charge is -2.13. The normalized spacial score (nSPS) is 16.9. The van der Waals surface area contributed by atoms with Crippen molar-refractivity contribution in [3.05, 3.63) is 76.6 Å². The van der Waals surface area contributed by atoms with Gasteiger partial charge in [-0.2, -0.15) is 0 Å². The summed E-state index contributed by atoms with van der Waals surface area (Å²) < 4.78 is 40.7. The molecule has 0 heterocycles. The third-order valence-corrected chi connectivity index (χ3v) is 3.19. The van der Waals surface area contributed by atoms with Crippen LogP contribution in [-0.4, -0.2) is 0 Å². The fourth-order valence-corrected chi connectivity index (χ4v) is 2.33. The van der Waals surface area contributed by atoms with Crippen LogP contribution in [0.2, 0.25) is 0 Å². The SMILES string of the molecule is Fc1ccc(F)c(C2C=Cc3ccccc32)c1F. The Labute approximate surface area is 102 Å². The van der Waals surface area contributed by atoms with Crippen molar-refractivity contribution in [1.29, 1.82) is 0 Å². The van der Waals surface area contributed by atoms with E-state index in [0.29, 0.717) is 0 Å². The van der Waals surface area contributed by atoms with Crippen LogP contribution in [0.1, 0.15) is 22.6 Å². The monoisotopic (exact) mass is 246 g/mol. The highest BCUT2D eigenvalue weighted by molar-refractivity contribution is 5.65.